The zero-order valence-corrected chi connectivity index (χ0v) is 16.9. The summed E-state index contributed by atoms with van der Waals surface area (Å²) in [5.74, 6) is 0.666. The second kappa shape index (κ2) is 7.95. The number of carbonyl (C=O) groups is 1. The molecule has 1 atom stereocenters. The molecule has 4 rings (SSSR count). The minimum Gasteiger partial charge on any atom is -0.485 e. The number of halogens is 1. The van der Waals surface area contributed by atoms with Crippen molar-refractivity contribution in [2.45, 2.75) is 18.9 Å². The van der Waals surface area contributed by atoms with Gasteiger partial charge in [-0.15, -0.1) is 0 Å². The van der Waals surface area contributed by atoms with Crippen molar-refractivity contribution >= 4 is 17.5 Å². The van der Waals surface area contributed by atoms with E-state index in [9.17, 15) is 4.79 Å². The van der Waals surface area contributed by atoms with Crippen LogP contribution >= 0.6 is 11.6 Å². The fourth-order valence-electron chi connectivity index (χ4n) is 3.77. The highest BCUT2D eigenvalue weighted by Crippen LogP contribution is 2.43. The van der Waals surface area contributed by atoms with Crippen LogP contribution in [0.5, 0.6) is 5.75 Å². The molecule has 2 aromatic carbocycles. The molecule has 8 heteroatoms. The van der Waals surface area contributed by atoms with Crippen LogP contribution in [-0.2, 0) is 11.2 Å². The lowest BCUT2D eigenvalue weighted by atomic mass is 9.96. The molecule has 150 valence electrons. The van der Waals surface area contributed by atoms with Crippen molar-refractivity contribution in [2.24, 2.45) is 5.11 Å². The van der Waals surface area contributed by atoms with Gasteiger partial charge >= 0.3 is 0 Å². The Kier molecular flexibility index (Phi) is 5.37. The van der Waals surface area contributed by atoms with Crippen LogP contribution in [0, 0.1) is 0 Å². The second-order valence-corrected chi connectivity index (χ2v) is 7.95. The van der Waals surface area contributed by atoms with E-state index in [2.05, 4.69) is 10.0 Å². The SMILES string of the molecule is CC1(CN=[N+]=[N-])Cc2cc(-c3ccc(C(=O)N4CCOCC4)cc3)cc(Cl)c2O1. The third-order valence-corrected chi connectivity index (χ3v) is 5.55. The highest BCUT2D eigenvalue weighted by Gasteiger charge is 2.36. The molecule has 29 heavy (non-hydrogen) atoms. The van der Waals surface area contributed by atoms with Crippen molar-refractivity contribution in [2.75, 3.05) is 32.8 Å². The zero-order valence-electron chi connectivity index (χ0n) is 16.1. The zero-order chi connectivity index (χ0) is 20.4. The second-order valence-electron chi connectivity index (χ2n) is 7.55. The van der Waals surface area contributed by atoms with Crippen molar-refractivity contribution in [3.8, 4) is 16.9 Å². The van der Waals surface area contributed by atoms with Crippen LogP contribution in [0.2, 0.25) is 5.02 Å². The molecule has 0 aliphatic carbocycles. The van der Waals surface area contributed by atoms with E-state index in [1.165, 1.54) is 0 Å². The number of hydrogen-bond acceptors (Lipinski definition) is 4. The lowest BCUT2D eigenvalue weighted by Gasteiger charge is -2.26. The third kappa shape index (κ3) is 4.03. The third-order valence-electron chi connectivity index (χ3n) is 5.27. The molecule has 0 spiro atoms. The van der Waals surface area contributed by atoms with Crippen molar-refractivity contribution in [1.82, 2.24) is 4.90 Å². The summed E-state index contributed by atoms with van der Waals surface area (Å²) in [5.41, 5.74) is 11.6. The number of ether oxygens (including phenoxy) is 2. The van der Waals surface area contributed by atoms with Crippen LogP contribution in [0.4, 0.5) is 0 Å². The minimum absolute atomic E-state index is 0.0223. The van der Waals surface area contributed by atoms with E-state index in [4.69, 9.17) is 26.6 Å². The lowest BCUT2D eigenvalue weighted by Crippen LogP contribution is -2.40. The molecule has 7 nitrogen and oxygen atoms in total. The first-order valence-corrected chi connectivity index (χ1v) is 9.87. The van der Waals surface area contributed by atoms with Gasteiger partial charge in [0.1, 0.15) is 11.4 Å². The fourth-order valence-corrected chi connectivity index (χ4v) is 4.05. The van der Waals surface area contributed by atoms with E-state index in [-0.39, 0.29) is 12.5 Å². The number of hydrogen-bond donors (Lipinski definition) is 0. The number of carbonyl (C=O) groups excluding carboxylic acids is 1. The van der Waals surface area contributed by atoms with Crippen LogP contribution in [0.1, 0.15) is 22.8 Å². The van der Waals surface area contributed by atoms with Crippen LogP contribution in [0.25, 0.3) is 21.6 Å². The lowest BCUT2D eigenvalue weighted by molar-refractivity contribution is 0.0303. The Bertz CT molecular complexity index is 982. The number of azide groups is 1. The van der Waals surface area contributed by atoms with E-state index in [1.807, 2.05) is 48.2 Å². The van der Waals surface area contributed by atoms with Crippen LogP contribution in [0.3, 0.4) is 0 Å². The summed E-state index contributed by atoms with van der Waals surface area (Å²) < 4.78 is 11.3. The van der Waals surface area contributed by atoms with Gasteiger partial charge in [0, 0.05) is 35.5 Å². The van der Waals surface area contributed by atoms with E-state index in [1.54, 1.807) is 0 Å². The predicted molar refractivity (Wildman–Crippen MR) is 110 cm³/mol. The number of morpholine rings is 1. The molecule has 1 unspecified atom stereocenters. The molecule has 0 saturated carbocycles. The number of benzene rings is 2. The molecule has 2 aromatic rings. The van der Waals surface area contributed by atoms with Crippen LogP contribution < -0.4 is 4.74 Å². The van der Waals surface area contributed by atoms with Crippen LogP contribution in [0.15, 0.2) is 41.5 Å². The van der Waals surface area contributed by atoms with Gasteiger partial charge in [0.2, 0.25) is 0 Å². The molecule has 2 aliphatic heterocycles. The first kappa shape index (κ1) is 19.6. The molecule has 2 aliphatic rings. The van der Waals surface area contributed by atoms with Crippen LogP contribution in [-0.4, -0.2) is 49.3 Å². The van der Waals surface area contributed by atoms with Crippen molar-refractivity contribution in [1.29, 1.82) is 0 Å². The molecule has 1 amide bonds. The van der Waals surface area contributed by atoms with E-state index in [0.29, 0.717) is 49.1 Å². The van der Waals surface area contributed by atoms with E-state index >= 15 is 0 Å². The molecule has 0 bridgehead atoms. The summed E-state index contributed by atoms with van der Waals surface area (Å²) in [6.45, 7) is 4.55. The van der Waals surface area contributed by atoms with Gasteiger partial charge in [-0.25, -0.2) is 0 Å². The molecule has 2 heterocycles. The van der Waals surface area contributed by atoms with Gasteiger partial charge in [0.15, 0.2) is 0 Å². The maximum absolute atomic E-state index is 12.6. The standard InChI is InChI=1S/C21H21ClN4O3/c1-21(13-24-25-23)12-17-10-16(11-18(22)19(17)29-21)14-2-4-15(5-3-14)20(27)26-6-8-28-9-7-26/h2-5,10-11H,6-9,12-13H2,1H3. The Labute approximate surface area is 173 Å². The topological polar surface area (TPSA) is 87.5 Å². The van der Waals surface area contributed by atoms with Gasteiger partial charge in [-0.1, -0.05) is 28.8 Å². The number of rotatable bonds is 4. The summed E-state index contributed by atoms with van der Waals surface area (Å²) in [6, 6.07) is 11.5. The number of amides is 1. The summed E-state index contributed by atoms with van der Waals surface area (Å²) in [5, 5.41) is 4.18. The monoisotopic (exact) mass is 412 g/mol. The smallest absolute Gasteiger partial charge is 0.254 e. The van der Waals surface area contributed by atoms with Gasteiger partial charge in [-0.3, -0.25) is 4.79 Å². The Morgan fingerprint density at radius 3 is 2.66 bits per heavy atom. The van der Waals surface area contributed by atoms with Gasteiger partial charge in [0.05, 0.1) is 24.8 Å². The maximum Gasteiger partial charge on any atom is 0.254 e. The molecule has 0 radical (unpaired) electrons. The molecule has 0 N–H and O–H groups in total. The first-order chi connectivity index (χ1) is 14.0. The fraction of sp³-hybridized carbons (Fsp3) is 0.381. The Morgan fingerprint density at radius 1 is 1.24 bits per heavy atom. The summed E-state index contributed by atoms with van der Waals surface area (Å²) >= 11 is 6.47. The molecular weight excluding hydrogens is 392 g/mol. The van der Waals surface area contributed by atoms with Gasteiger partial charge in [0.25, 0.3) is 5.91 Å². The average molecular weight is 413 g/mol. The maximum atomic E-state index is 12.6. The predicted octanol–water partition coefficient (Wildman–Crippen LogP) is 4.48. The van der Waals surface area contributed by atoms with Crippen molar-refractivity contribution < 1.29 is 14.3 Å². The first-order valence-electron chi connectivity index (χ1n) is 9.49. The van der Waals surface area contributed by atoms with Gasteiger partial charge in [-0.05, 0) is 47.8 Å². The minimum atomic E-state index is -0.592. The molecule has 0 aromatic heterocycles. The summed E-state index contributed by atoms with van der Waals surface area (Å²) in [7, 11) is 0. The Hall–Kier alpha value is -2.73. The highest BCUT2D eigenvalue weighted by atomic mass is 35.5. The number of nitrogens with zero attached hydrogens (tertiary/aromatic N) is 4. The molecule has 1 saturated heterocycles. The van der Waals surface area contributed by atoms with Gasteiger partial charge in [-0.2, -0.15) is 0 Å². The van der Waals surface area contributed by atoms with Crippen molar-refractivity contribution in [3.63, 3.8) is 0 Å². The van der Waals surface area contributed by atoms with E-state index < -0.39 is 5.60 Å². The molecular formula is C21H21ClN4O3. The van der Waals surface area contributed by atoms with E-state index in [0.717, 1.165) is 16.7 Å². The Morgan fingerprint density at radius 2 is 1.97 bits per heavy atom. The largest absolute Gasteiger partial charge is 0.485 e. The Balaban J connectivity index is 1.56. The quantitative estimate of drug-likeness (QED) is 0.421. The molecule has 1 fully saturated rings. The summed E-state index contributed by atoms with van der Waals surface area (Å²) in [4.78, 5) is 17.2. The average Bonchev–Trinajstić information content (AvgIpc) is 3.10. The number of fused-ring (bicyclic) bond motifs is 1. The van der Waals surface area contributed by atoms with Gasteiger partial charge < -0.3 is 14.4 Å². The van der Waals surface area contributed by atoms with Crippen molar-refractivity contribution in [3.05, 3.63) is 63.0 Å². The summed E-state index contributed by atoms with van der Waals surface area (Å²) in [6.07, 6.45) is 0.614. The highest BCUT2D eigenvalue weighted by molar-refractivity contribution is 6.32. The normalized spacial score (nSPS) is 20.6.